The lowest BCUT2D eigenvalue weighted by Crippen LogP contribution is -2.13. The minimum absolute atomic E-state index is 0.119. The van der Waals surface area contributed by atoms with Gasteiger partial charge >= 0.3 is 0 Å². The number of anilines is 1. The maximum Gasteiger partial charge on any atom is 0.236 e. The van der Waals surface area contributed by atoms with E-state index in [9.17, 15) is 4.79 Å². The van der Waals surface area contributed by atoms with Gasteiger partial charge in [-0.05, 0) is 31.2 Å². The van der Waals surface area contributed by atoms with Gasteiger partial charge in [0.1, 0.15) is 17.1 Å². The first-order valence-corrected chi connectivity index (χ1v) is 10.2. The SMILES string of the molecule is CCOc1ccc2nc(NC(=O)CSc3ncnc4ccccc34)sc2c1. The molecule has 4 rings (SSSR count). The fraction of sp³-hybridized carbons (Fsp3) is 0.158. The first-order chi connectivity index (χ1) is 13.2. The average Bonchev–Trinajstić information content (AvgIpc) is 3.08. The number of carbonyl (C=O) groups is 1. The molecule has 0 saturated heterocycles. The van der Waals surface area contributed by atoms with Crippen molar-refractivity contribution in [3.8, 4) is 5.75 Å². The first kappa shape index (κ1) is 17.7. The van der Waals surface area contributed by atoms with Gasteiger partial charge in [0, 0.05) is 5.39 Å². The molecule has 4 aromatic rings. The molecule has 6 nitrogen and oxygen atoms in total. The summed E-state index contributed by atoms with van der Waals surface area (Å²) in [5, 5.41) is 5.18. The Bertz CT molecular complexity index is 1110. The lowest BCUT2D eigenvalue weighted by molar-refractivity contribution is -0.113. The number of carbonyl (C=O) groups excluding carboxylic acids is 1. The van der Waals surface area contributed by atoms with Gasteiger partial charge in [-0.25, -0.2) is 15.0 Å². The van der Waals surface area contributed by atoms with Crippen molar-refractivity contribution in [3.05, 3.63) is 48.8 Å². The molecule has 0 unspecified atom stereocenters. The van der Waals surface area contributed by atoms with Gasteiger partial charge in [0.2, 0.25) is 5.91 Å². The maximum absolute atomic E-state index is 12.3. The summed E-state index contributed by atoms with van der Waals surface area (Å²) in [5.74, 6) is 0.936. The molecule has 0 aliphatic carbocycles. The number of nitrogens with one attached hydrogen (secondary N) is 1. The van der Waals surface area contributed by atoms with Gasteiger partial charge in [0.15, 0.2) is 5.13 Å². The molecule has 136 valence electrons. The molecule has 27 heavy (non-hydrogen) atoms. The minimum Gasteiger partial charge on any atom is -0.494 e. The molecule has 0 bridgehead atoms. The Morgan fingerprint density at radius 2 is 2.07 bits per heavy atom. The smallest absolute Gasteiger partial charge is 0.236 e. The summed E-state index contributed by atoms with van der Waals surface area (Å²) in [4.78, 5) is 25.3. The van der Waals surface area contributed by atoms with Crippen LogP contribution in [0.1, 0.15) is 6.92 Å². The number of fused-ring (bicyclic) bond motifs is 2. The topological polar surface area (TPSA) is 77.0 Å². The quantitative estimate of drug-likeness (QED) is 0.385. The van der Waals surface area contributed by atoms with Crippen LogP contribution in [0.5, 0.6) is 5.75 Å². The first-order valence-electron chi connectivity index (χ1n) is 8.38. The summed E-state index contributed by atoms with van der Waals surface area (Å²) in [6, 6.07) is 13.5. The zero-order valence-corrected chi connectivity index (χ0v) is 16.1. The number of hydrogen-bond donors (Lipinski definition) is 1. The summed E-state index contributed by atoms with van der Waals surface area (Å²) in [7, 11) is 0. The number of aromatic nitrogens is 3. The van der Waals surface area contributed by atoms with Crippen molar-refractivity contribution in [1.29, 1.82) is 0 Å². The minimum atomic E-state index is -0.119. The Labute approximate surface area is 164 Å². The highest BCUT2D eigenvalue weighted by Gasteiger charge is 2.11. The largest absolute Gasteiger partial charge is 0.494 e. The molecule has 2 aromatic heterocycles. The highest BCUT2D eigenvalue weighted by molar-refractivity contribution is 8.00. The Kier molecular flexibility index (Phi) is 5.17. The number of amides is 1. The molecular formula is C19H16N4O2S2. The van der Waals surface area contributed by atoms with Gasteiger partial charge in [0.05, 0.1) is 28.1 Å². The number of hydrogen-bond acceptors (Lipinski definition) is 7. The molecular weight excluding hydrogens is 380 g/mol. The number of thioether (sulfide) groups is 1. The second-order valence-corrected chi connectivity index (χ2v) is 7.61. The van der Waals surface area contributed by atoms with Crippen molar-refractivity contribution >= 4 is 55.3 Å². The standard InChI is InChI=1S/C19H16N4O2S2/c1-2-25-12-7-8-15-16(9-12)27-19(22-15)23-17(24)10-26-18-13-5-3-4-6-14(13)20-11-21-18/h3-9,11H,2,10H2,1H3,(H,22,23,24). The van der Waals surface area contributed by atoms with Crippen LogP contribution in [0.15, 0.2) is 53.8 Å². The number of nitrogens with zero attached hydrogens (tertiary/aromatic N) is 3. The van der Waals surface area contributed by atoms with Crippen LogP contribution in [-0.2, 0) is 4.79 Å². The second-order valence-electron chi connectivity index (χ2n) is 5.61. The third-order valence-corrected chi connectivity index (χ3v) is 5.70. The Hall–Kier alpha value is -2.71. The third-order valence-electron chi connectivity index (χ3n) is 3.76. The van der Waals surface area contributed by atoms with Crippen LogP contribution in [0.2, 0.25) is 0 Å². The van der Waals surface area contributed by atoms with Crippen molar-refractivity contribution in [3.63, 3.8) is 0 Å². The predicted molar refractivity (Wildman–Crippen MR) is 110 cm³/mol. The fourth-order valence-electron chi connectivity index (χ4n) is 2.60. The lowest BCUT2D eigenvalue weighted by Gasteiger charge is -2.04. The van der Waals surface area contributed by atoms with Crippen molar-refractivity contribution < 1.29 is 9.53 Å². The molecule has 2 aromatic carbocycles. The number of thiazole rings is 1. The number of rotatable bonds is 6. The zero-order chi connectivity index (χ0) is 18.6. The normalized spacial score (nSPS) is 11.0. The number of para-hydroxylation sites is 1. The molecule has 0 saturated carbocycles. The molecule has 0 atom stereocenters. The maximum atomic E-state index is 12.3. The Morgan fingerprint density at radius 3 is 2.96 bits per heavy atom. The molecule has 1 amide bonds. The van der Waals surface area contributed by atoms with Crippen LogP contribution in [0.4, 0.5) is 5.13 Å². The van der Waals surface area contributed by atoms with E-state index in [0.717, 1.165) is 31.9 Å². The van der Waals surface area contributed by atoms with Gasteiger partial charge in [-0.1, -0.05) is 41.3 Å². The fourth-order valence-corrected chi connectivity index (χ4v) is 4.30. The average molecular weight is 396 g/mol. The van der Waals surface area contributed by atoms with Gasteiger partial charge in [-0.3, -0.25) is 4.79 Å². The Morgan fingerprint density at radius 1 is 1.19 bits per heavy atom. The van der Waals surface area contributed by atoms with E-state index in [1.165, 1.54) is 29.4 Å². The molecule has 0 spiro atoms. The summed E-state index contributed by atoms with van der Waals surface area (Å²) in [6.07, 6.45) is 1.52. The highest BCUT2D eigenvalue weighted by atomic mass is 32.2. The highest BCUT2D eigenvalue weighted by Crippen LogP contribution is 2.30. The van der Waals surface area contributed by atoms with E-state index < -0.39 is 0 Å². The van der Waals surface area contributed by atoms with E-state index in [1.807, 2.05) is 49.4 Å². The molecule has 0 radical (unpaired) electrons. The van der Waals surface area contributed by atoms with Crippen LogP contribution < -0.4 is 10.1 Å². The van der Waals surface area contributed by atoms with Crippen molar-refractivity contribution in [2.45, 2.75) is 11.9 Å². The second kappa shape index (κ2) is 7.89. The van der Waals surface area contributed by atoms with E-state index in [1.54, 1.807) is 0 Å². The Balaban J connectivity index is 1.44. The summed E-state index contributed by atoms with van der Waals surface area (Å²) < 4.78 is 6.48. The van der Waals surface area contributed by atoms with Crippen molar-refractivity contribution in [2.24, 2.45) is 0 Å². The zero-order valence-electron chi connectivity index (χ0n) is 14.5. The van der Waals surface area contributed by atoms with Crippen LogP contribution in [0.25, 0.3) is 21.1 Å². The van der Waals surface area contributed by atoms with E-state index in [-0.39, 0.29) is 11.7 Å². The van der Waals surface area contributed by atoms with E-state index in [0.29, 0.717) is 11.7 Å². The summed E-state index contributed by atoms with van der Waals surface area (Å²) in [6.45, 7) is 2.56. The summed E-state index contributed by atoms with van der Waals surface area (Å²) >= 11 is 2.82. The molecule has 0 aliphatic rings. The van der Waals surface area contributed by atoms with Crippen LogP contribution in [0, 0.1) is 0 Å². The van der Waals surface area contributed by atoms with Crippen molar-refractivity contribution in [1.82, 2.24) is 15.0 Å². The molecule has 0 aliphatic heterocycles. The van der Waals surface area contributed by atoms with Crippen LogP contribution in [0.3, 0.4) is 0 Å². The van der Waals surface area contributed by atoms with Gasteiger partial charge in [-0.15, -0.1) is 0 Å². The number of ether oxygens (including phenoxy) is 1. The predicted octanol–water partition coefficient (Wildman–Crippen LogP) is 4.37. The number of benzene rings is 2. The van der Waals surface area contributed by atoms with E-state index >= 15 is 0 Å². The van der Waals surface area contributed by atoms with Crippen LogP contribution in [-0.4, -0.2) is 33.2 Å². The van der Waals surface area contributed by atoms with Gasteiger partial charge in [-0.2, -0.15) is 0 Å². The van der Waals surface area contributed by atoms with Crippen LogP contribution >= 0.6 is 23.1 Å². The van der Waals surface area contributed by atoms with E-state index in [2.05, 4.69) is 20.3 Å². The summed E-state index contributed by atoms with van der Waals surface area (Å²) in [5.41, 5.74) is 1.71. The van der Waals surface area contributed by atoms with Gasteiger partial charge in [0.25, 0.3) is 0 Å². The molecule has 8 heteroatoms. The molecule has 2 heterocycles. The van der Waals surface area contributed by atoms with Gasteiger partial charge < -0.3 is 10.1 Å². The molecule has 1 N–H and O–H groups in total. The molecule has 0 fully saturated rings. The third kappa shape index (κ3) is 4.01. The van der Waals surface area contributed by atoms with E-state index in [4.69, 9.17) is 4.74 Å². The lowest BCUT2D eigenvalue weighted by atomic mass is 10.2. The van der Waals surface area contributed by atoms with Crippen molar-refractivity contribution in [2.75, 3.05) is 17.7 Å². The monoisotopic (exact) mass is 396 g/mol.